The van der Waals surface area contributed by atoms with E-state index in [0.717, 1.165) is 18.1 Å². The van der Waals surface area contributed by atoms with Crippen molar-refractivity contribution in [3.05, 3.63) is 53.7 Å². The number of aryl methyl sites for hydroxylation is 1. The topological polar surface area (TPSA) is 81.6 Å². The van der Waals surface area contributed by atoms with Crippen molar-refractivity contribution < 1.29 is 13.6 Å². The van der Waals surface area contributed by atoms with E-state index >= 15 is 0 Å². The summed E-state index contributed by atoms with van der Waals surface area (Å²) in [5.41, 5.74) is 1.42. The first-order chi connectivity index (χ1) is 14.4. The molecule has 1 saturated heterocycles. The number of hydrogen-bond acceptors (Lipinski definition) is 4. The fourth-order valence-electron chi connectivity index (χ4n) is 3.26. The smallest absolute Gasteiger partial charge is 0.227 e. The third kappa shape index (κ3) is 7.30. The number of carbonyl (C=O) groups is 1. The van der Waals surface area contributed by atoms with Gasteiger partial charge in [-0.1, -0.05) is 6.07 Å². The highest BCUT2D eigenvalue weighted by Gasteiger charge is 2.25. The van der Waals surface area contributed by atoms with E-state index in [1.807, 2.05) is 17.9 Å². The largest absolute Gasteiger partial charge is 0.367 e. The van der Waals surface area contributed by atoms with Gasteiger partial charge in [0.05, 0.1) is 5.69 Å². The Bertz CT molecular complexity index is 909. The number of hydrogen-bond donors (Lipinski definition) is 3. The molecule has 168 valence electrons. The van der Waals surface area contributed by atoms with Crippen molar-refractivity contribution in [3.63, 3.8) is 0 Å². The summed E-state index contributed by atoms with van der Waals surface area (Å²) in [5.74, 6) is -0.202. The van der Waals surface area contributed by atoms with E-state index in [-0.39, 0.29) is 42.3 Å². The number of anilines is 2. The van der Waals surface area contributed by atoms with E-state index in [1.165, 1.54) is 12.1 Å². The molecule has 1 atom stereocenters. The lowest BCUT2D eigenvalue weighted by atomic mass is 10.2. The maximum absolute atomic E-state index is 14.0. The number of carbonyl (C=O) groups excluding carboxylic acids is 1. The van der Waals surface area contributed by atoms with E-state index in [9.17, 15) is 13.6 Å². The van der Waals surface area contributed by atoms with Crippen LogP contribution in [0.1, 0.15) is 18.4 Å². The van der Waals surface area contributed by atoms with Gasteiger partial charge < -0.3 is 20.9 Å². The molecule has 1 fully saturated rings. The average Bonchev–Trinajstić information content (AvgIpc) is 3.17. The summed E-state index contributed by atoms with van der Waals surface area (Å²) < 4.78 is 27.1. The predicted molar refractivity (Wildman–Crippen MR) is 129 cm³/mol. The van der Waals surface area contributed by atoms with Crippen LogP contribution in [0.25, 0.3) is 0 Å². The molecule has 2 heterocycles. The molecule has 0 aliphatic carbocycles. The second-order valence-electron chi connectivity index (χ2n) is 7.19. The van der Waals surface area contributed by atoms with Gasteiger partial charge in [0.15, 0.2) is 5.96 Å². The number of benzene rings is 1. The molecule has 3 N–H and O–H groups in total. The van der Waals surface area contributed by atoms with Gasteiger partial charge in [0.25, 0.3) is 0 Å². The number of nitrogens with one attached hydrogen (secondary N) is 3. The SMILES string of the molecule is CN=C(NCCC(=O)Nc1ccc(C)cn1)NC1CCN(c2ccc(F)cc2F)C1.I. The van der Waals surface area contributed by atoms with Crippen LogP contribution in [0.5, 0.6) is 0 Å². The van der Waals surface area contributed by atoms with Crippen LogP contribution in [0.2, 0.25) is 0 Å². The number of aromatic nitrogens is 1. The molecule has 10 heteroatoms. The monoisotopic (exact) mass is 544 g/mol. The number of amides is 1. The predicted octanol–water partition coefficient (Wildman–Crippen LogP) is 3.06. The lowest BCUT2D eigenvalue weighted by Gasteiger charge is -2.21. The number of guanidine groups is 1. The Morgan fingerprint density at radius 2 is 2.10 bits per heavy atom. The zero-order valence-electron chi connectivity index (χ0n) is 17.5. The summed E-state index contributed by atoms with van der Waals surface area (Å²) in [6.07, 6.45) is 2.74. The van der Waals surface area contributed by atoms with E-state index < -0.39 is 11.6 Å². The molecular weight excluding hydrogens is 517 g/mol. The Kier molecular flexibility index (Phi) is 9.41. The van der Waals surface area contributed by atoms with Gasteiger partial charge in [-0.05, 0) is 37.1 Å². The molecule has 3 rings (SSSR count). The van der Waals surface area contributed by atoms with Crippen LogP contribution in [0.4, 0.5) is 20.3 Å². The average molecular weight is 544 g/mol. The molecule has 1 aromatic carbocycles. The number of rotatable bonds is 6. The molecule has 0 bridgehead atoms. The summed E-state index contributed by atoms with van der Waals surface area (Å²) in [7, 11) is 1.65. The molecule has 0 saturated carbocycles. The molecule has 1 aliphatic rings. The van der Waals surface area contributed by atoms with Crippen LogP contribution in [0, 0.1) is 18.6 Å². The molecular formula is C21H27F2IN6O. The lowest BCUT2D eigenvalue weighted by Crippen LogP contribution is -2.45. The van der Waals surface area contributed by atoms with Gasteiger partial charge in [-0.25, -0.2) is 13.8 Å². The summed E-state index contributed by atoms with van der Waals surface area (Å²) in [5, 5.41) is 9.14. The molecule has 1 unspecified atom stereocenters. The number of nitrogens with zero attached hydrogens (tertiary/aromatic N) is 3. The summed E-state index contributed by atoms with van der Waals surface area (Å²) in [6, 6.07) is 7.32. The van der Waals surface area contributed by atoms with Crippen molar-refractivity contribution in [2.75, 3.05) is 36.9 Å². The van der Waals surface area contributed by atoms with Gasteiger partial charge in [-0.3, -0.25) is 9.79 Å². The summed E-state index contributed by atoms with van der Waals surface area (Å²) in [6.45, 7) is 3.56. The third-order valence-corrected chi connectivity index (χ3v) is 4.83. The highest BCUT2D eigenvalue weighted by Crippen LogP contribution is 2.24. The minimum absolute atomic E-state index is 0. The van der Waals surface area contributed by atoms with Gasteiger partial charge in [0.2, 0.25) is 5.91 Å². The molecule has 1 amide bonds. The van der Waals surface area contributed by atoms with Crippen molar-refractivity contribution in [1.82, 2.24) is 15.6 Å². The Morgan fingerprint density at radius 3 is 2.77 bits per heavy atom. The zero-order chi connectivity index (χ0) is 21.5. The van der Waals surface area contributed by atoms with E-state index in [4.69, 9.17) is 0 Å². The Balaban J connectivity index is 0.00000341. The van der Waals surface area contributed by atoms with Gasteiger partial charge in [0, 0.05) is 51.4 Å². The minimum atomic E-state index is -0.586. The zero-order valence-corrected chi connectivity index (χ0v) is 19.8. The van der Waals surface area contributed by atoms with E-state index in [2.05, 4.69) is 25.9 Å². The quantitative estimate of drug-likeness (QED) is 0.296. The third-order valence-electron chi connectivity index (χ3n) is 4.83. The molecule has 2 aromatic rings. The van der Waals surface area contributed by atoms with Crippen LogP contribution >= 0.6 is 24.0 Å². The van der Waals surface area contributed by atoms with Crippen molar-refractivity contribution in [1.29, 1.82) is 0 Å². The Labute approximate surface area is 197 Å². The van der Waals surface area contributed by atoms with Crippen molar-refractivity contribution in [3.8, 4) is 0 Å². The van der Waals surface area contributed by atoms with Gasteiger partial charge in [-0.2, -0.15) is 0 Å². The molecule has 0 spiro atoms. The molecule has 31 heavy (non-hydrogen) atoms. The van der Waals surface area contributed by atoms with Crippen molar-refractivity contribution in [2.24, 2.45) is 4.99 Å². The maximum atomic E-state index is 14.0. The Hall–Kier alpha value is -2.50. The van der Waals surface area contributed by atoms with Gasteiger partial charge in [-0.15, -0.1) is 24.0 Å². The number of halogens is 3. The van der Waals surface area contributed by atoms with Gasteiger partial charge in [0.1, 0.15) is 17.5 Å². The molecule has 0 radical (unpaired) electrons. The highest BCUT2D eigenvalue weighted by atomic mass is 127. The van der Waals surface area contributed by atoms with E-state index in [1.54, 1.807) is 19.3 Å². The maximum Gasteiger partial charge on any atom is 0.227 e. The number of pyridine rings is 1. The highest BCUT2D eigenvalue weighted by molar-refractivity contribution is 14.0. The van der Waals surface area contributed by atoms with Crippen LogP contribution in [-0.2, 0) is 4.79 Å². The van der Waals surface area contributed by atoms with Crippen LogP contribution < -0.4 is 20.9 Å². The normalized spacial score (nSPS) is 15.9. The minimum Gasteiger partial charge on any atom is -0.367 e. The summed E-state index contributed by atoms with van der Waals surface area (Å²) >= 11 is 0. The van der Waals surface area contributed by atoms with Crippen LogP contribution in [0.15, 0.2) is 41.5 Å². The first kappa shape index (κ1) is 24.8. The van der Waals surface area contributed by atoms with Crippen LogP contribution in [0.3, 0.4) is 0 Å². The fraction of sp³-hybridized carbons (Fsp3) is 0.381. The second kappa shape index (κ2) is 11.8. The first-order valence-electron chi connectivity index (χ1n) is 9.84. The summed E-state index contributed by atoms with van der Waals surface area (Å²) in [4.78, 5) is 22.2. The molecule has 1 aromatic heterocycles. The van der Waals surface area contributed by atoms with Crippen molar-refractivity contribution >= 4 is 47.3 Å². The van der Waals surface area contributed by atoms with Crippen molar-refractivity contribution in [2.45, 2.75) is 25.8 Å². The lowest BCUT2D eigenvalue weighted by molar-refractivity contribution is -0.116. The standard InChI is InChI=1S/C21H26F2N6O.HI/c1-14-3-6-19(26-12-14)28-20(30)7-9-25-21(24-2)27-16-8-10-29(13-16)18-5-4-15(22)11-17(18)23;/h3-6,11-12,16H,7-10,13H2,1-2H3,(H2,24,25,27)(H,26,28,30);1H. The molecule has 1 aliphatic heterocycles. The Morgan fingerprint density at radius 1 is 1.29 bits per heavy atom. The number of aliphatic imine (C=N–C) groups is 1. The first-order valence-corrected chi connectivity index (χ1v) is 9.84. The van der Waals surface area contributed by atoms with Gasteiger partial charge >= 0.3 is 0 Å². The second-order valence-corrected chi connectivity index (χ2v) is 7.19. The fourth-order valence-corrected chi connectivity index (χ4v) is 3.26. The van der Waals surface area contributed by atoms with Crippen LogP contribution in [-0.4, -0.2) is 49.6 Å². The van der Waals surface area contributed by atoms with E-state index in [0.29, 0.717) is 37.1 Å². The molecule has 7 nitrogen and oxygen atoms in total.